The molecular weight excluding hydrogens is 394 g/mol. The van der Waals surface area contributed by atoms with Crippen molar-refractivity contribution >= 4 is 17.6 Å². The number of nitrogens with zero attached hydrogens (tertiary/aromatic N) is 1. The quantitative estimate of drug-likeness (QED) is 0.531. The van der Waals surface area contributed by atoms with Crippen molar-refractivity contribution in [3.63, 3.8) is 0 Å². The molecule has 0 aliphatic carbocycles. The van der Waals surface area contributed by atoms with Gasteiger partial charge in [0, 0.05) is 20.1 Å². The molecule has 0 radical (unpaired) electrons. The van der Waals surface area contributed by atoms with Crippen molar-refractivity contribution in [3.05, 3.63) is 46.5 Å². The van der Waals surface area contributed by atoms with Crippen molar-refractivity contribution in [2.24, 2.45) is 4.99 Å². The number of fused-ring (bicyclic) bond motifs is 1. The van der Waals surface area contributed by atoms with Crippen LogP contribution in [0.1, 0.15) is 11.1 Å². The summed E-state index contributed by atoms with van der Waals surface area (Å²) < 4.78 is 21.8. The molecule has 0 bridgehead atoms. The van der Waals surface area contributed by atoms with Gasteiger partial charge in [0.25, 0.3) is 0 Å². The second-order valence-corrected chi connectivity index (χ2v) is 6.80. The number of rotatable bonds is 7. The molecule has 3 rings (SSSR count). The van der Waals surface area contributed by atoms with Crippen LogP contribution in [0.15, 0.2) is 35.3 Å². The van der Waals surface area contributed by atoms with Crippen molar-refractivity contribution < 1.29 is 18.9 Å². The van der Waals surface area contributed by atoms with Crippen molar-refractivity contribution in [1.29, 1.82) is 0 Å². The van der Waals surface area contributed by atoms with Crippen LogP contribution in [0.5, 0.6) is 23.0 Å². The highest BCUT2D eigenvalue weighted by molar-refractivity contribution is 6.32. The largest absolute Gasteiger partial charge is 0.493 e. The highest BCUT2D eigenvalue weighted by atomic mass is 35.5. The van der Waals surface area contributed by atoms with E-state index in [0.29, 0.717) is 60.3 Å². The van der Waals surface area contributed by atoms with Crippen molar-refractivity contribution in [1.82, 2.24) is 10.6 Å². The fourth-order valence-electron chi connectivity index (χ4n) is 3.03. The normalized spacial score (nSPS) is 13.0. The monoisotopic (exact) mass is 419 g/mol. The van der Waals surface area contributed by atoms with E-state index in [4.69, 9.17) is 30.5 Å². The lowest BCUT2D eigenvalue weighted by Gasteiger charge is -2.20. The number of hydrogen-bond acceptors (Lipinski definition) is 5. The Morgan fingerprint density at radius 2 is 1.83 bits per heavy atom. The van der Waals surface area contributed by atoms with Crippen LogP contribution < -0.4 is 29.6 Å². The van der Waals surface area contributed by atoms with Gasteiger partial charge in [0.2, 0.25) is 0 Å². The van der Waals surface area contributed by atoms with Crippen LogP contribution in [-0.4, -0.2) is 47.0 Å². The van der Waals surface area contributed by atoms with Gasteiger partial charge in [-0.1, -0.05) is 17.7 Å². The van der Waals surface area contributed by atoms with Crippen molar-refractivity contribution in [3.8, 4) is 23.0 Å². The first-order valence-corrected chi connectivity index (χ1v) is 9.76. The van der Waals surface area contributed by atoms with Gasteiger partial charge in [-0.25, -0.2) is 0 Å². The van der Waals surface area contributed by atoms with Gasteiger partial charge in [-0.15, -0.1) is 0 Å². The molecule has 0 fully saturated rings. The van der Waals surface area contributed by atoms with E-state index >= 15 is 0 Å². The molecule has 7 nitrogen and oxygen atoms in total. The van der Waals surface area contributed by atoms with Gasteiger partial charge in [0.1, 0.15) is 13.2 Å². The van der Waals surface area contributed by atoms with Crippen molar-refractivity contribution in [2.45, 2.75) is 13.0 Å². The lowest BCUT2D eigenvalue weighted by atomic mass is 10.1. The predicted octanol–water partition coefficient (Wildman–Crippen LogP) is 3.04. The molecule has 1 aliphatic heterocycles. The van der Waals surface area contributed by atoms with E-state index < -0.39 is 0 Å². The number of benzene rings is 2. The van der Waals surface area contributed by atoms with E-state index in [1.165, 1.54) is 0 Å². The minimum absolute atomic E-state index is 0.523. The third-order valence-corrected chi connectivity index (χ3v) is 4.78. The zero-order valence-electron chi connectivity index (χ0n) is 16.9. The fourth-order valence-corrected chi connectivity index (χ4v) is 3.32. The molecule has 156 valence electrons. The maximum absolute atomic E-state index is 6.30. The number of ether oxygens (including phenoxy) is 4. The van der Waals surface area contributed by atoms with E-state index in [9.17, 15) is 0 Å². The summed E-state index contributed by atoms with van der Waals surface area (Å²) in [5.41, 5.74) is 2.13. The van der Waals surface area contributed by atoms with E-state index in [1.807, 2.05) is 30.3 Å². The van der Waals surface area contributed by atoms with Crippen LogP contribution in [0.2, 0.25) is 5.02 Å². The molecule has 2 aromatic carbocycles. The van der Waals surface area contributed by atoms with Crippen LogP contribution in [0, 0.1) is 0 Å². The molecule has 0 amide bonds. The Balaban J connectivity index is 1.52. The molecule has 0 saturated heterocycles. The molecule has 29 heavy (non-hydrogen) atoms. The second-order valence-electron chi connectivity index (χ2n) is 6.39. The predicted molar refractivity (Wildman–Crippen MR) is 114 cm³/mol. The van der Waals surface area contributed by atoms with Gasteiger partial charge >= 0.3 is 0 Å². The molecular formula is C21H26ClN3O4. The molecule has 2 aromatic rings. The van der Waals surface area contributed by atoms with Crippen LogP contribution in [0.4, 0.5) is 0 Å². The second kappa shape index (κ2) is 10.1. The van der Waals surface area contributed by atoms with Gasteiger partial charge in [-0.2, -0.15) is 0 Å². The number of halogens is 1. The first-order valence-electron chi connectivity index (χ1n) is 9.38. The summed E-state index contributed by atoms with van der Waals surface area (Å²) in [4.78, 5) is 4.27. The minimum atomic E-state index is 0.523. The summed E-state index contributed by atoms with van der Waals surface area (Å²) >= 11 is 6.30. The Hall–Kier alpha value is -2.80. The zero-order chi connectivity index (χ0) is 20.6. The molecule has 0 spiro atoms. The summed E-state index contributed by atoms with van der Waals surface area (Å²) in [6.45, 7) is 2.37. The average Bonchev–Trinajstić information content (AvgIpc) is 2.75. The highest BCUT2D eigenvalue weighted by Gasteiger charge is 2.16. The zero-order valence-corrected chi connectivity index (χ0v) is 17.6. The maximum Gasteiger partial charge on any atom is 0.191 e. The molecule has 0 atom stereocenters. The Kier molecular flexibility index (Phi) is 7.30. The Morgan fingerprint density at radius 3 is 2.59 bits per heavy atom. The topological polar surface area (TPSA) is 73.3 Å². The first kappa shape index (κ1) is 20.9. The molecule has 0 unspecified atom stereocenters. The third-order valence-electron chi connectivity index (χ3n) is 4.49. The van der Waals surface area contributed by atoms with E-state index in [-0.39, 0.29) is 0 Å². The van der Waals surface area contributed by atoms with Crippen molar-refractivity contribution in [2.75, 3.05) is 41.0 Å². The highest BCUT2D eigenvalue weighted by Crippen LogP contribution is 2.38. The summed E-state index contributed by atoms with van der Waals surface area (Å²) in [6.07, 6.45) is 0.771. The molecule has 0 aromatic heterocycles. The number of methoxy groups -OCH3 is 2. The molecule has 1 aliphatic rings. The van der Waals surface area contributed by atoms with Crippen LogP contribution >= 0.6 is 11.6 Å². The summed E-state index contributed by atoms with van der Waals surface area (Å²) in [5.74, 6) is 3.45. The minimum Gasteiger partial charge on any atom is -0.493 e. The number of nitrogens with one attached hydrogen (secondary N) is 2. The standard InChI is InChI=1S/C21H26ClN3O4/c1-23-21(25-13-15-4-5-17(26-2)18(12-15)27-3)24-7-6-14-10-16(22)20-19(11-14)28-8-9-29-20/h4-5,10-12H,6-9,13H2,1-3H3,(H2,23,24,25). The van der Waals surface area contributed by atoms with E-state index in [1.54, 1.807) is 21.3 Å². The average molecular weight is 420 g/mol. The fraction of sp³-hybridized carbons (Fsp3) is 0.381. The van der Waals surface area contributed by atoms with Crippen LogP contribution in [-0.2, 0) is 13.0 Å². The maximum atomic E-state index is 6.30. The van der Waals surface area contributed by atoms with Gasteiger partial charge in [0.15, 0.2) is 29.0 Å². The Morgan fingerprint density at radius 1 is 1.03 bits per heavy atom. The summed E-state index contributed by atoms with van der Waals surface area (Å²) in [7, 11) is 4.99. The molecule has 2 N–H and O–H groups in total. The Labute approximate surface area is 176 Å². The lowest BCUT2D eigenvalue weighted by molar-refractivity contribution is 0.171. The number of aliphatic imine (C=N–C) groups is 1. The molecule has 0 saturated carbocycles. The van der Waals surface area contributed by atoms with E-state index in [2.05, 4.69) is 15.6 Å². The third kappa shape index (κ3) is 5.38. The molecule has 8 heteroatoms. The Bertz CT molecular complexity index is 873. The summed E-state index contributed by atoms with van der Waals surface area (Å²) in [5, 5.41) is 7.18. The first-order chi connectivity index (χ1) is 14.1. The number of hydrogen-bond donors (Lipinski definition) is 2. The number of guanidine groups is 1. The lowest BCUT2D eigenvalue weighted by Crippen LogP contribution is -2.37. The van der Waals surface area contributed by atoms with Crippen LogP contribution in [0.25, 0.3) is 0 Å². The van der Waals surface area contributed by atoms with Crippen LogP contribution in [0.3, 0.4) is 0 Å². The van der Waals surface area contributed by atoms with Gasteiger partial charge < -0.3 is 29.6 Å². The SMILES string of the molecule is CN=C(NCCc1cc(Cl)c2c(c1)OCCO2)NCc1ccc(OC)c(OC)c1. The van der Waals surface area contributed by atoms with Gasteiger partial charge in [0.05, 0.1) is 19.2 Å². The smallest absolute Gasteiger partial charge is 0.191 e. The van der Waals surface area contributed by atoms with Gasteiger partial charge in [-0.05, 0) is 41.8 Å². The van der Waals surface area contributed by atoms with E-state index in [0.717, 1.165) is 17.5 Å². The molecule has 1 heterocycles. The van der Waals surface area contributed by atoms with Gasteiger partial charge in [-0.3, -0.25) is 4.99 Å². The summed E-state index contributed by atoms with van der Waals surface area (Å²) in [6, 6.07) is 9.70.